The standard InChI is InChI=1S/C10H11BrO3/c1-13-9(10(12)14-2)7-3-5-8(11)6-4-7/h3-6,9H,1-2H3. The fourth-order valence-corrected chi connectivity index (χ4v) is 1.38. The van der Waals surface area contributed by atoms with Crippen molar-refractivity contribution in [3.63, 3.8) is 0 Å². The zero-order chi connectivity index (χ0) is 10.6. The lowest BCUT2D eigenvalue weighted by molar-refractivity contribution is -0.152. The van der Waals surface area contributed by atoms with Gasteiger partial charge in [-0.25, -0.2) is 4.79 Å². The van der Waals surface area contributed by atoms with E-state index in [-0.39, 0.29) is 0 Å². The lowest BCUT2D eigenvalue weighted by Crippen LogP contribution is -2.15. The van der Waals surface area contributed by atoms with Crippen LogP contribution in [0.1, 0.15) is 11.7 Å². The van der Waals surface area contributed by atoms with Crippen molar-refractivity contribution in [3.8, 4) is 0 Å². The van der Waals surface area contributed by atoms with Crippen molar-refractivity contribution < 1.29 is 14.3 Å². The van der Waals surface area contributed by atoms with E-state index in [0.29, 0.717) is 0 Å². The molecule has 76 valence electrons. The van der Waals surface area contributed by atoms with Crippen molar-refractivity contribution in [2.45, 2.75) is 6.10 Å². The molecule has 4 heteroatoms. The van der Waals surface area contributed by atoms with Crippen LogP contribution in [0.3, 0.4) is 0 Å². The largest absolute Gasteiger partial charge is 0.467 e. The molecule has 0 fully saturated rings. The Labute approximate surface area is 91.1 Å². The predicted molar refractivity (Wildman–Crippen MR) is 55.9 cm³/mol. The highest BCUT2D eigenvalue weighted by Crippen LogP contribution is 2.20. The van der Waals surface area contributed by atoms with Gasteiger partial charge in [-0.2, -0.15) is 0 Å². The number of methoxy groups -OCH3 is 2. The minimum Gasteiger partial charge on any atom is -0.467 e. The summed E-state index contributed by atoms with van der Waals surface area (Å²) in [6, 6.07) is 7.33. The van der Waals surface area contributed by atoms with Gasteiger partial charge in [0.15, 0.2) is 6.10 Å². The molecule has 0 amide bonds. The number of esters is 1. The maximum atomic E-state index is 11.3. The molecule has 1 aromatic carbocycles. The molecule has 0 saturated heterocycles. The number of benzene rings is 1. The van der Waals surface area contributed by atoms with Crippen LogP contribution in [0.5, 0.6) is 0 Å². The first-order chi connectivity index (χ1) is 6.69. The summed E-state index contributed by atoms with van der Waals surface area (Å²) in [5.74, 6) is -0.394. The molecule has 0 N–H and O–H groups in total. The van der Waals surface area contributed by atoms with Crippen LogP contribution < -0.4 is 0 Å². The van der Waals surface area contributed by atoms with E-state index in [2.05, 4.69) is 20.7 Å². The maximum Gasteiger partial charge on any atom is 0.339 e. The molecule has 0 heterocycles. The second kappa shape index (κ2) is 5.12. The molecule has 0 spiro atoms. The molecule has 0 aromatic heterocycles. The van der Waals surface area contributed by atoms with Crippen molar-refractivity contribution in [2.24, 2.45) is 0 Å². The van der Waals surface area contributed by atoms with E-state index < -0.39 is 12.1 Å². The normalized spacial score (nSPS) is 12.2. The van der Waals surface area contributed by atoms with Gasteiger partial charge in [0.1, 0.15) is 0 Å². The third-order valence-corrected chi connectivity index (χ3v) is 2.35. The predicted octanol–water partition coefficient (Wildman–Crippen LogP) is 2.31. The summed E-state index contributed by atoms with van der Waals surface area (Å²) in [6.07, 6.45) is -0.645. The lowest BCUT2D eigenvalue weighted by atomic mass is 10.1. The van der Waals surface area contributed by atoms with E-state index in [4.69, 9.17) is 4.74 Å². The van der Waals surface area contributed by atoms with E-state index in [1.807, 2.05) is 24.3 Å². The zero-order valence-corrected chi connectivity index (χ0v) is 9.58. The fourth-order valence-electron chi connectivity index (χ4n) is 1.11. The van der Waals surface area contributed by atoms with Gasteiger partial charge >= 0.3 is 5.97 Å². The molecular weight excluding hydrogens is 248 g/mol. The highest BCUT2D eigenvalue weighted by Gasteiger charge is 2.20. The number of hydrogen-bond acceptors (Lipinski definition) is 3. The van der Waals surface area contributed by atoms with E-state index in [0.717, 1.165) is 10.0 Å². The minimum atomic E-state index is -0.645. The second-order valence-corrected chi connectivity index (χ2v) is 3.61. The Morgan fingerprint density at radius 3 is 2.29 bits per heavy atom. The molecule has 0 aliphatic heterocycles. The Bertz CT molecular complexity index is 308. The van der Waals surface area contributed by atoms with Gasteiger partial charge in [-0.3, -0.25) is 0 Å². The average molecular weight is 259 g/mol. The third-order valence-electron chi connectivity index (χ3n) is 1.82. The number of ether oxygens (including phenoxy) is 2. The third kappa shape index (κ3) is 2.56. The number of carbonyl (C=O) groups excluding carboxylic acids is 1. The Balaban J connectivity index is 2.89. The topological polar surface area (TPSA) is 35.5 Å². The SMILES string of the molecule is COC(=O)C(OC)c1ccc(Br)cc1. The summed E-state index contributed by atoms with van der Waals surface area (Å²) in [7, 11) is 2.82. The average Bonchev–Trinajstić information content (AvgIpc) is 2.21. The highest BCUT2D eigenvalue weighted by molar-refractivity contribution is 9.10. The van der Waals surface area contributed by atoms with Gasteiger partial charge in [0.25, 0.3) is 0 Å². The molecule has 0 aliphatic rings. The number of hydrogen-bond donors (Lipinski definition) is 0. The van der Waals surface area contributed by atoms with Crippen molar-refractivity contribution >= 4 is 21.9 Å². The molecule has 1 aromatic rings. The monoisotopic (exact) mass is 258 g/mol. The van der Waals surface area contributed by atoms with Crippen LogP contribution in [0, 0.1) is 0 Å². The maximum absolute atomic E-state index is 11.3. The van der Waals surface area contributed by atoms with Gasteiger partial charge in [0.05, 0.1) is 7.11 Å². The van der Waals surface area contributed by atoms with Gasteiger partial charge in [-0.15, -0.1) is 0 Å². The van der Waals surface area contributed by atoms with Crippen molar-refractivity contribution in [3.05, 3.63) is 34.3 Å². The van der Waals surface area contributed by atoms with Crippen LogP contribution in [0.2, 0.25) is 0 Å². The number of carbonyl (C=O) groups is 1. The van der Waals surface area contributed by atoms with Crippen molar-refractivity contribution in [1.29, 1.82) is 0 Å². The van der Waals surface area contributed by atoms with E-state index >= 15 is 0 Å². The second-order valence-electron chi connectivity index (χ2n) is 2.69. The first kappa shape index (κ1) is 11.2. The fraction of sp³-hybridized carbons (Fsp3) is 0.300. The van der Waals surface area contributed by atoms with Crippen molar-refractivity contribution in [1.82, 2.24) is 0 Å². The van der Waals surface area contributed by atoms with Crippen LogP contribution in [0.15, 0.2) is 28.7 Å². The zero-order valence-electron chi connectivity index (χ0n) is 7.99. The summed E-state index contributed by atoms with van der Waals surface area (Å²) < 4.78 is 10.6. The molecule has 0 radical (unpaired) electrons. The summed E-state index contributed by atoms with van der Waals surface area (Å²) >= 11 is 3.31. The van der Waals surface area contributed by atoms with Crippen LogP contribution in [0.4, 0.5) is 0 Å². The first-order valence-electron chi connectivity index (χ1n) is 4.05. The van der Waals surface area contributed by atoms with Crippen LogP contribution >= 0.6 is 15.9 Å². The van der Waals surface area contributed by atoms with E-state index in [1.165, 1.54) is 14.2 Å². The van der Waals surface area contributed by atoms with Gasteiger partial charge in [-0.1, -0.05) is 28.1 Å². The molecule has 14 heavy (non-hydrogen) atoms. The molecule has 1 atom stereocenters. The Kier molecular flexibility index (Phi) is 4.10. The quantitative estimate of drug-likeness (QED) is 0.781. The van der Waals surface area contributed by atoms with Crippen molar-refractivity contribution in [2.75, 3.05) is 14.2 Å². The minimum absolute atomic E-state index is 0.394. The van der Waals surface area contributed by atoms with Crippen LogP contribution in [0.25, 0.3) is 0 Å². The van der Waals surface area contributed by atoms with E-state index in [1.54, 1.807) is 0 Å². The summed E-state index contributed by atoms with van der Waals surface area (Å²) in [4.78, 5) is 11.3. The van der Waals surface area contributed by atoms with Gasteiger partial charge < -0.3 is 9.47 Å². The van der Waals surface area contributed by atoms with E-state index in [9.17, 15) is 4.79 Å². The molecule has 0 bridgehead atoms. The molecule has 0 saturated carbocycles. The molecule has 3 nitrogen and oxygen atoms in total. The number of halogens is 1. The summed E-state index contributed by atoms with van der Waals surface area (Å²) in [5.41, 5.74) is 0.780. The van der Waals surface area contributed by atoms with Gasteiger partial charge in [-0.05, 0) is 17.7 Å². The summed E-state index contributed by atoms with van der Waals surface area (Å²) in [5, 5.41) is 0. The van der Waals surface area contributed by atoms with Gasteiger partial charge in [0.2, 0.25) is 0 Å². The van der Waals surface area contributed by atoms with Crippen LogP contribution in [-0.4, -0.2) is 20.2 Å². The molecule has 1 unspecified atom stereocenters. The molecular formula is C10H11BrO3. The Morgan fingerprint density at radius 1 is 1.29 bits per heavy atom. The smallest absolute Gasteiger partial charge is 0.339 e. The lowest BCUT2D eigenvalue weighted by Gasteiger charge is -2.12. The number of rotatable bonds is 3. The summed E-state index contributed by atoms with van der Waals surface area (Å²) in [6.45, 7) is 0. The highest BCUT2D eigenvalue weighted by atomic mass is 79.9. The molecule has 1 rings (SSSR count). The first-order valence-corrected chi connectivity index (χ1v) is 4.84. The van der Waals surface area contributed by atoms with Gasteiger partial charge in [0, 0.05) is 11.6 Å². The Morgan fingerprint density at radius 2 is 1.86 bits per heavy atom. The molecule has 0 aliphatic carbocycles. The van der Waals surface area contributed by atoms with Crippen LogP contribution in [-0.2, 0) is 14.3 Å². The Hall–Kier alpha value is -0.870.